The predicted octanol–water partition coefficient (Wildman–Crippen LogP) is 4.71. The van der Waals surface area contributed by atoms with Crippen LogP contribution in [-0.2, 0) is 11.8 Å². The Morgan fingerprint density at radius 2 is 1.76 bits per heavy atom. The Balaban J connectivity index is 2.49. The Kier molecular flexibility index (Phi) is 7.81. The van der Waals surface area contributed by atoms with E-state index in [1.54, 1.807) is 7.11 Å². The molecular weight excluding hydrogens is 258 g/mol. The predicted molar refractivity (Wildman–Crippen MR) is 92.4 cm³/mol. The van der Waals surface area contributed by atoms with E-state index in [4.69, 9.17) is 4.74 Å². The van der Waals surface area contributed by atoms with E-state index in [0.717, 1.165) is 25.3 Å². The molecule has 1 aromatic rings. The lowest BCUT2D eigenvalue weighted by molar-refractivity contribution is 0.408. The Morgan fingerprint density at radius 3 is 2.38 bits per heavy atom. The van der Waals surface area contributed by atoms with Gasteiger partial charge in [-0.2, -0.15) is 0 Å². The van der Waals surface area contributed by atoms with Gasteiger partial charge in [-0.25, -0.2) is 0 Å². The van der Waals surface area contributed by atoms with Crippen LogP contribution in [0.15, 0.2) is 18.2 Å². The number of rotatable bonds is 9. The van der Waals surface area contributed by atoms with Crippen molar-refractivity contribution in [2.45, 2.75) is 65.2 Å². The third-order valence-electron chi connectivity index (χ3n) is 3.95. The van der Waals surface area contributed by atoms with Gasteiger partial charge in [0.05, 0.1) is 7.11 Å². The van der Waals surface area contributed by atoms with Gasteiger partial charge in [-0.15, -0.1) is 0 Å². The van der Waals surface area contributed by atoms with Crippen LogP contribution in [0.5, 0.6) is 5.75 Å². The summed E-state index contributed by atoms with van der Waals surface area (Å²) in [5.74, 6) is 1.04. The minimum Gasteiger partial charge on any atom is -0.496 e. The summed E-state index contributed by atoms with van der Waals surface area (Å²) in [5, 5.41) is 3.38. The Morgan fingerprint density at radius 1 is 1.05 bits per heavy atom. The quantitative estimate of drug-likeness (QED) is 0.666. The minimum absolute atomic E-state index is 0.201. The van der Waals surface area contributed by atoms with Gasteiger partial charge in [0.1, 0.15) is 5.75 Å². The van der Waals surface area contributed by atoms with Gasteiger partial charge in [0.15, 0.2) is 0 Å². The molecule has 0 aliphatic rings. The molecule has 0 atom stereocenters. The van der Waals surface area contributed by atoms with E-state index in [9.17, 15) is 0 Å². The zero-order chi connectivity index (χ0) is 15.7. The normalized spacial score (nSPS) is 11.7. The average Bonchev–Trinajstić information content (AvgIpc) is 2.45. The monoisotopic (exact) mass is 291 g/mol. The molecule has 1 rings (SSSR count). The second-order valence-corrected chi connectivity index (χ2v) is 6.79. The molecule has 0 spiro atoms. The number of unbranched alkanes of at least 4 members (excludes halogenated alkanes) is 3. The Bertz CT molecular complexity index is 407. The molecule has 0 radical (unpaired) electrons. The molecule has 1 N–H and O–H groups in total. The van der Waals surface area contributed by atoms with E-state index < -0.39 is 0 Å². The fraction of sp³-hybridized carbons (Fsp3) is 0.684. The van der Waals surface area contributed by atoms with Gasteiger partial charge < -0.3 is 10.1 Å². The molecule has 0 amide bonds. The summed E-state index contributed by atoms with van der Waals surface area (Å²) < 4.78 is 5.51. The summed E-state index contributed by atoms with van der Waals surface area (Å²) in [7, 11) is 1.77. The van der Waals surface area contributed by atoms with Crippen molar-refractivity contribution >= 4 is 0 Å². The summed E-state index contributed by atoms with van der Waals surface area (Å²) in [6.07, 6.45) is 6.26. The molecule has 0 fully saturated rings. The van der Waals surface area contributed by atoms with E-state index in [1.165, 1.54) is 36.8 Å². The van der Waals surface area contributed by atoms with Gasteiger partial charge in [0, 0.05) is 0 Å². The largest absolute Gasteiger partial charge is 0.496 e. The van der Waals surface area contributed by atoms with Crippen LogP contribution >= 0.6 is 0 Å². The topological polar surface area (TPSA) is 21.3 Å². The van der Waals surface area contributed by atoms with E-state index >= 15 is 0 Å². The van der Waals surface area contributed by atoms with Crippen LogP contribution in [0.25, 0.3) is 0 Å². The summed E-state index contributed by atoms with van der Waals surface area (Å²) in [5.41, 5.74) is 2.95. The molecule has 120 valence electrons. The number of ether oxygens (including phenoxy) is 1. The fourth-order valence-corrected chi connectivity index (χ4v) is 2.54. The average molecular weight is 291 g/mol. The standard InChI is InChI=1S/C19H33NO/c1-6-20-14-10-8-7-9-11-16-15-17(19(2,3)4)12-13-18(16)21-5/h12-13,15,20H,6-11,14H2,1-5H3. The van der Waals surface area contributed by atoms with Crippen molar-refractivity contribution in [1.29, 1.82) is 0 Å². The molecule has 0 aliphatic carbocycles. The zero-order valence-electron chi connectivity index (χ0n) is 14.6. The smallest absolute Gasteiger partial charge is 0.122 e. The first-order valence-corrected chi connectivity index (χ1v) is 8.37. The highest BCUT2D eigenvalue weighted by atomic mass is 16.5. The minimum atomic E-state index is 0.201. The van der Waals surface area contributed by atoms with Gasteiger partial charge in [0.25, 0.3) is 0 Å². The highest BCUT2D eigenvalue weighted by Gasteiger charge is 2.15. The second kappa shape index (κ2) is 9.09. The van der Waals surface area contributed by atoms with Gasteiger partial charge in [-0.05, 0) is 55.0 Å². The number of hydrogen-bond acceptors (Lipinski definition) is 2. The van der Waals surface area contributed by atoms with Crippen LogP contribution in [0.3, 0.4) is 0 Å². The van der Waals surface area contributed by atoms with E-state index in [1.807, 2.05) is 0 Å². The molecule has 0 heterocycles. The highest BCUT2D eigenvalue weighted by Crippen LogP contribution is 2.29. The molecule has 0 saturated heterocycles. The van der Waals surface area contributed by atoms with Crippen LogP contribution in [-0.4, -0.2) is 20.2 Å². The van der Waals surface area contributed by atoms with Crippen molar-refractivity contribution in [2.75, 3.05) is 20.2 Å². The van der Waals surface area contributed by atoms with Gasteiger partial charge in [0.2, 0.25) is 0 Å². The van der Waals surface area contributed by atoms with Crippen LogP contribution < -0.4 is 10.1 Å². The van der Waals surface area contributed by atoms with Crippen LogP contribution in [0.4, 0.5) is 0 Å². The molecule has 21 heavy (non-hydrogen) atoms. The summed E-state index contributed by atoms with van der Waals surface area (Å²) in [6.45, 7) is 11.2. The first kappa shape index (κ1) is 18.0. The number of nitrogens with one attached hydrogen (secondary N) is 1. The van der Waals surface area contributed by atoms with Crippen molar-refractivity contribution < 1.29 is 4.74 Å². The maximum Gasteiger partial charge on any atom is 0.122 e. The molecule has 0 aromatic heterocycles. The lowest BCUT2D eigenvalue weighted by Crippen LogP contribution is -2.13. The van der Waals surface area contributed by atoms with E-state index in [2.05, 4.69) is 51.2 Å². The number of aryl methyl sites for hydroxylation is 1. The molecule has 2 heteroatoms. The van der Waals surface area contributed by atoms with Crippen molar-refractivity contribution in [3.8, 4) is 5.75 Å². The first-order valence-electron chi connectivity index (χ1n) is 8.37. The molecule has 0 aliphatic heterocycles. The van der Waals surface area contributed by atoms with Crippen molar-refractivity contribution in [2.24, 2.45) is 0 Å². The molecule has 1 aromatic carbocycles. The number of benzene rings is 1. The first-order chi connectivity index (χ1) is 9.99. The maximum absolute atomic E-state index is 5.51. The van der Waals surface area contributed by atoms with Crippen LogP contribution in [0, 0.1) is 0 Å². The highest BCUT2D eigenvalue weighted by molar-refractivity contribution is 5.39. The SMILES string of the molecule is CCNCCCCCCc1cc(C(C)(C)C)ccc1OC. The Hall–Kier alpha value is -1.02. The lowest BCUT2D eigenvalue weighted by atomic mass is 9.85. The molecule has 2 nitrogen and oxygen atoms in total. The third-order valence-corrected chi connectivity index (χ3v) is 3.95. The van der Waals surface area contributed by atoms with Gasteiger partial charge >= 0.3 is 0 Å². The third kappa shape index (κ3) is 6.52. The number of hydrogen-bond donors (Lipinski definition) is 1. The van der Waals surface area contributed by atoms with Crippen molar-refractivity contribution in [3.05, 3.63) is 29.3 Å². The van der Waals surface area contributed by atoms with Crippen LogP contribution in [0.2, 0.25) is 0 Å². The molecular formula is C19H33NO. The summed E-state index contributed by atoms with van der Waals surface area (Å²) in [4.78, 5) is 0. The number of methoxy groups -OCH3 is 1. The Labute approximate surface area is 131 Å². The zero-order valence-corrected chi connectivity index (χ0v) is 14.6. The van der Waals surface area contributed by atoms with Crippen molar-refractivity contribution in [3.63, 3.8) is 0 Å². The molecule has 0 bridgehead atoms. The summed E-state index contributed by atoms with van der Waals surface area (Å²) >= 11 is 0. The maximum atomic E-state index is 5.51. The molecule has 0 unspecified atom stereocenters. The van der Waals surface area contributed by atoms with Crippen LogP contribution in [0.1, 0.15) is 64.5 Å². The fourth-order valence-electron chi connectivity index (χ4n) is 2.54. The van der Waals surface area contributed by atoms with Gasteiger partial charge in [-0.3, -0.25) is 0 Å². The summed E-state index contributed by atoms with van der Waals surface area (Å²) in [6, 6.07) is 6.65. The second-order valence-electron chi connectivity index (χ2n) is 6.79. The van der Waals surface area contributed by atoms with Gasteiger partial charge in [-0.1, -0.05) is 52.7 Å². The van der Waals surface area contributed by atoms with E-state index in [-0.39, 0.29) is 5.41 Å². The van der Waals surface area contributed by atoms with Crippen molar-refractivity contribution in [1.82, 2.24) is 5.32 Å². The van der Waals surface area contributed by atoms with E-state index in [0.29, 0.717) is 0 Å². The lowest BCUT2D eigenvalue weighted by Gasteiger charge is -2.21. The molecule has 0 saturated carbocycles.